The molecular weight excluding hydrogens is 550 g/mol. The van der Waals surface area contributed by atoms with Gasteiger partial charge in [-0.3, -0.25) is 0 Å². The maximum absolute atomic E-state index is 12.5. The highest BCUT2D eigenvalue weighted by Crippen LogP contribution is 2.55. The van der Waals surface area contributed by atoms with E-state index in [2.05, 4.69) is 23.4 Å². The summed E-state index contributed by atoms with van der Waals surface area (Å²) in [5.41, 5.74) is 2.75. The van der Waals surface area contributed by atoms with Gasteiger partial charge in [0.15, 0.2) is 24.1 Å². The van der Waals surface area contributed by atoms with E-state index < -0.39 is 37.0 Å². The Labute approximate surface area is 242 Å². The molecule has 1 aliphatic carbocycles. The van der Waals surface area contributed by atoms with Crippen LogP contribution in [0.3, 0.4) is 0 Å². The number of carbonyl (C=O) groups is 2. The lowest BCUT2D eigenvalue weighted by atomic mass is 9.69. The molecule has 12 nitrogen and oxygen atoms in total. The highest BCUT2D eigenvalue weighted by molar-refractivity contribution is 5.89. The number of carboxylic acids is 1. The summed E-state index contributed by atoms with van der Waals surface area (Å²) >= 11 is 0. The molecule has 0 saturated carbocycles. The van der Waals surface area contributed by atoms with E-state index in [4.69, 9.17) is 44.8 Å². The maximum Gasteiger partial charge on any atom is 0.338 e. The molecule has 42 heavy (non-hydrogen) atoms. The van der Waals surface area contributed by atoms with Crippen molar-refractivity contribution in [3.05, 3.63) is 71.3 Å². The molecule has 3 aliphatic rings. The molecule has 0 amide bonds. The van der Waals surface area contributed by atoms with Crippen LogP contribution in [-0.2, 0) is 21.5 Å². The molecule has 2 aliphatic heterocycles. The van der Waals surface area contributed by atoms with E-state index in [9.17, 15) is 9.59 Å². The molecule has 2 heterocycles. The molecular formula is C30H36NO11+. The Morgan fingerprint density at radius 2 is 1.83 bits per heavy atom. The fourth-order valence-electron chi connectivity index (χ4n) is 5.52. The number of methoxy groups -OCH3 is 1. The maximum atomic E-state index is 12.5. The van der Waals surface area contributed by atoms with Gasteiger partial charge in [0.25, 0.3) is 0 Å². The van der Waals surface area contributed by atoms with Crippen molar-refractivity contribution in [1.82, 2.24) is 0 Å². The van der Waals surface area contributed by atoms with Gasteiger partial charge in [-0.25, -0.2) is 14.2 Å². The van der Waals surface area contributed by atoms with E-state index in [0.29, 0.717) is 12.0 Å². The Morgan fingerprint density at radius 3 is 2.48 bits per heavy atom. The summed E-state index contributed by atoms with van der Waals surface area (Å²) in [7, 11) is 1.67. The Kier molecular flexibility index (Phi) is 9.64. The van der Waals surface area contributed by atoms with Crippen LogP contribution in [0.15, 0.2) is 54.6 Å². The van der Waals surface area contributed by atoms with Crippen LogP contribution in [0.4, 0.5) is 0 Å². The lowest BCUT2D eigenvalue weighted by Crippen LogP contribution is -2.48. The molecule has 0 saturated heterocycles. The molecule has 0 radical (unpaired) electrons. The first-order valence-electron chi connectivity index (χ1n) is 13.5. The van der Waals surface area contributed by atoms with Gasteiger partial charge >= 0.3 is 11.9 Å². The van der Waals surface area contributed by atoms with E-state index in [1.165, 1.54) is 11.1 Å². The van der Waals surface area contributed by atoms with Gasteiger partial charge in [-0.15, -0.1) is 0 Å². The van der Waals surface area contributed by atoms with Gasteiger partial charge in [-0.1, -0.05) is 24.3 Å². The molecule has 1 spiro atoms. The van der Waals surface area contributed by atoms with Crippen LogP contribution in [-0.4, -0.2) is 111 Å². The average Bonchev–Trinajstić information content (AvgIpc) is 3.26. The summed E-state index contributed by atoms with van der Waals surface area (Å²) in [5, 5.41) is 51.8. The average molecular weight is 587 g/mol. The largest absolute Gasteiger partial charge is 0.493 e. The van der Waals surface area contributed by atoms with Crippen molar-refractivity contribution in [3.8, 4) is 11.5 Å². The fraction of sp³-hybridized carbons (Fsp3) is 0.433. The second-order valence-electron chi connectivity index (χ2n) is 10.5. The van der Waals surface area contributed by atoms with Crippen molar-refractivity contribution in [3.63, 3.8) is 0 Å². The molecule has 2 aromatic rings. The third-order valence-corrected chi connectivity index (χ3v) is 7.79. The van der Waals surface area contributed by atoms with E-state index in [1.54, 1.807) is 19.2 Å². The third kappa shape index (κ3) is 6.18. The zero-order valence-electron chi connectivity index (χ0n) is 23.1. The first kappa shape index (κ1) is 31.1. The third-order valence-electron chi connectivity index (χ3n) is 7.79. The van der Waals surface area contributed by atoms with Crippen LogP contribution in [0.5, 0.6) is 11.5 Å². The molecule has 2 aromatic carbocycles. The minimum absolute atomic E-state index is 0.0994. The van der Waals surface area contributed by atoms with Gasteiger partial charge < -0.3 is 44.8 Å². The Hall–Kier alpha value is -3.81. The minimum atomic E-state index is -2.20. The molecule has 6 N–H and O–H groups in total. The first-order valence-corrected chi connectivity index (χ1v) is 13.5. The Morgan fingerprint density at radius 1 is 1.12 bits per heavy atom. The van der Waals surface area contributed by atoms with Gasteiger partial charge in [0.1, 0.15) is 43.8 Å². The van der Waals surface area contributed by atoms with Gasteiger partial charge in [-0.05, 0) is 30.3 Å². The zero-order chi connectivity index (χ0) is 30.6. The van der Waals surface area contributed by atoms with Gasteiger partial charge in [0.2, 0.25) is 0 Å². The monoisotopic (exact) mass is 586 g/mol. The number of aliphatic hydroxyl groups excluding tert-OH is 5. The summed E-state index contributed by atoms with van der Waals surface area (Å²) in [6.07, 6.45) is -2.52. The normalized spacial score (nSPS) is 24.8. The topological polar surface area (TPSA) is 186 Å². The van der Waals surface area contributed by atoms with Crippen molar-refractivity contribution < 1.29 is 59.0 Å². The van der Waals surface area contributed by atoms with Crippen molar-refractivity contribution in [2.45, 2.75) is 61.4 Å². The second-order valence-corrected chi connectivity index (χ2v) is 10.5. The highest BCUT2D eigenvalue weighted by atomic mass is 16.6. The second kappa shape index (κ2) is 13.0. The number of nitrogens with zero attached hydrogens (tertiary/aromatic N) is 1. The zero-order valence-corrected chi connectivity index (χ0v) is 23.1. The van der Waals surface area contributed by atoms with Crippen LogP contribution in [0.1, 0.15) is 34.3 Å². The molecule has 0 aromatic heterocycles. The van der Waals surface area contributed by atoms with Gasteiger partial charge in [0, 0.05) is 24.0 Å². The van der Waals surface area contributed by atoms with Crippen molar-refractivity contribution >= 4 is 18.7 Å². The molecule has 5 rings (SSSR count). The number of benzene rings is 2. The van der Waals surface area contributed by atoms with Crippen molar-refractivity contribution in [2.24, 2.45) is 0 Å². The SMILES string of the molecule is C=[N+]1CC[C@@]23C=C[C@H](OC(=O)c4ccccc4)CC2Oc2c(OC)ccc(c23)C1.O=C(O)[C@H](O)[C@@H](O)[C@H](O)[C@H](O)CO. The molecule has 12 heteroatoms. The summed E-state index contributed by atoms with van der Waals surface area (Å²) in [5.74, 6) is -0.460. The van der Waals surface area contributed by atoms with Crippen LogP contribution in [0.25, 0.3) is 0 Å². The Bertz CT molecular complexity index is 1330. The number of ether oxygens (including phenoxy) is 3. The molecule has 226 valence electrons. The smallest absolute Gasteiger partial charge is 0.338 e. The number of rotatable bonds is 8. The van der Waals surface area contributed by atoms with E-state index in [1.807, 2.05) is 30.3 Å². The van der Waals surface area contributed by atoms with Crippen LogP contribution in [0.2, 0.25) is 0 Å². The van der Waals surface area contributed by atoms with Crippen molar-refractivity contribution in [2.75, 3.05) is 20.3 Å². The predicted octanol–water partition coefficient (Wildman–Crippen LogP) is 0.00320. The molecule has 1 unspecified atom stereocenters. The molecule has 0 fully saturated rings. The quantitative estimate of drug-likeness (QED) is 0.139. The number of hydrogen-bond acceptors (Lipinski definition) is 10. The first-order chi connectivity index (χ1) is 20.0. The number of carboxylic acid groups (broad SMARTS) is 1. The number of esters is 1. The lowest BCUT2D eigenvalue weighted by molar-refractivity contribution is -0.535. The standard InChI is InChI=1S/C24H24NO4.C6H12O7/c1-25-13-12-24-11-10-18(28-23(26)16-6-4-3-5-7-16)14-20(24)29-22-19(27-2)9-8-17(15-25)21(22)24;7-1-2(8)3(9)4(10)5(11)6(12)13/h3-11,18,20H,1,12-15H2,2H3;2-5,7-11H,1H2,(H,12,13)/q+1;/t18-,20?,24-;2-,3-,4+,5-/m01/s1. The minimum Gasteiger partial charge on any atom is -0.493 e. The van der Waals surface area contributed by atoms with Crippen LogP contribution >= 0.6 is 0 Å². The number of aliphatic carboxylic acids is 1. The number of hydrogen-bond donors (Lipinski definition) is 6. The van der Waals surface area contributed by atoms with E-state index in [0.717, 1.165) is 31.0 Å². The summed E-state index contributed by atoms with van der Waals surface area (Å²) in [6.45, 7) is 4.99. The van der Waals surface area contributed by atoms with Gasteiger partial charge in [-0.2, -0.15) is 0 Å². The highest BCUT2D eigenvalue weighted by Gasteiger charge is 2.54. The van der Waals surface area contributed by atoms with Crippen molar-refractivity contribution in [1.29, 1.82) is 0 Å². The Balaban J connectivity index is 0.000000266. The number of carbonyl (C=O) groups excluding carboxylic acids is 1. The molecule has 0 bridgehead atoms. The summed E-state index contributed by atoms with van der Waals surface area (Å²) in [4.78, 5) is 22.6. The molecule has 7 atom stereocenters. The van der Waals surface area contributed by atoms with Gasteiger partial charge in [0.05, 0.1) is 24.7 Å². The summed E-state index contributed by atoms with van der Waals surface area (Å²) < 4.78 is 19.9. The predicted molar refractivity (Wildman–Crippen MR) is 148 cm³/mol. The lowest BCUT2D eigenvalue weighted by Gasteiger charge is -2.35. The van der Waals surface area contributed by atoms with E-state index >= 15 is 0 Å². The number of aliphatic hydroxyl groups is 5. The van der Waals surface area contributed by atoms with E-state index in [-0.39, 0.29) is 23.6 Å². The van der Waals surface area contributed by atoms with Crippen LogP contribution < -0.4 is 9.47 Å². The fourth-order valence-corrected chi connectivity index (χ4v) is 5.52. The summed E-state index contributed by atoms with van der Waals surface area (Å²) in [6, 6.07) is 13.2. The van der Waals surface area contributed by atoms with Crippen LogP contribution in [0, 0.1) is 0 Å².